The zero-order valence-electron chi connectivity index (χ0n) is 14.3. The number of aryl methyl sites for hydroxylation is 1. The first-order chi connectivity index (χ1) is 12.8. The second-order valence-electron chi connectivity index (χ2n) is 6.30. The molecule has 1 aliphatic rings. The number of halogens is 3. The van der Waals surface area contributed by atoms with Gasteiger partial charge in [-0.05, 0) is 13.3 Å². The highest BCUT2D eigenvalue weighted by molar-refractivity contribution is 7.12. The number of carbonyl (C=O) groups is 1. The van der Waals surface area contributed by atoms with Crippen LogP contribution in [0.25, 0.3) is 11.3 Å². The van der Waals surface area contributed by atoms with Crippen molar-refractivity contribution in [2.24, 2.45) is 0 Å². The monoisotopic (exact) mass is 392 g/mol. The fourth-order valence-corrected chi connectivity index (χ4v) is 3.93. The minimum absolute atomic E-state index is 0.0333. The van der Waals surface area contributed by atoms with E-state index in [2.05, 4.69) is 10.1 Å². The smallest absolute Gasteiger partial charge is 0.291 e. The van der Waals surface area contributed by atoms with Crippen LogP contribution in [0, 0.1) is 6.92 Å². The van der Waals surface area contributed by atoms with Crippen molar-refractivity contribution in [3.8, 4) is 11.3 Å². The third-order valence-corrected chi connectivity index (χ3v) is 5.25. The molecule has 0 saturated heterocycles. The number of carbonyl (C=O) groups excluding carboxylic acids is 1. The van der Waals surface area contributed by atoms with E-state index in [1.165, 1.54) is 22.3 Å². The van der Waals surface area contributed by atoms with Crippen molar-refractivity contribution in [1.29, 1.82) is 0 Å². The van der Waals surface area contributed by atoms with E-state index < -0.39 is 18.1 Å². The Bertz CT molecular complexity index is 980. The summed E-state index contributed by atoms with van der Waals surface area (Å²) in [7, 11) is 0. The molecule has 1 unspecified atom stereocenters. The maximum Gasteiger partial charge on any atom is 0.410 e. The van der Waals surface area contributed by atoms with Crippen LogP contribution in [0.15, 0.2) is 41.8 Å². The zero-order chi connectivity index (χ0) is 19.2. The van der Waals surface area contributed by atoms with Crippen LogP contribution in [0.3, 0.4) is 0 Å². The number of aromatic nitrogens is 3. The number of alkyl halides is 3. The molecule has 3 heterocycles. The lowest BCUT2D eigenvalue weighted by Crippen LogP contribution is -2.43. The first-order valence-electron chi connectivity index (χ1n) is 8.30. The van der Waals surface area contributed by atoms with Crippen molar-refractivity contribution in [1.82, 2.24) is 14.8 Å². The van der Waals surface area contributed by atoms with E-state index in [9.17, 15) is 18.0 Å². The van der Waals surface area contributed by atoms with E-state index >= 15 is 0 Å². The summed E-state index contributed by atoms with van der Waals surface area (Å²) < 4.78 is 40.8. The third-order valence-electron chi connectivity index (χ3n) is 4.42. The summed E-state index contributed by atoms with van der Waals surface area (Å²) in [6.45, 7) is 1.58. The molecule has 0 fully saturated rings. The van der Waals surface area contributed by atoms with Crippen LogP contribution in [0.1, 0.15) is 28.0 Å². The highest BCUT2D eigenvalue weighted by Crippen LogP contribution is 2.40. The highest BCUT2D eigenvalue weighted by atomic mass is 32.1. The van der Waals surface area contributed by atoms with Gasteiger partial charge in [0.1, 0.15) is 5.82 Å². The molecule has 0 radical (unpaired) electrons. The number of hydrogen-bond acceptors (Lipinski definition) is 4. The maximum atomic E-state index is 13.3. The SMILES string of the molecule is Cc1cc2n(n1)C(C(F)(F)F)CCN2C(=O)c1nc(-c2ccccc2)cs1. The first kappa shape index (κ1) is 17.7. The number of amides is 1. The Balaban J connectivity index is 1.66. The molecule has 0 bridgehead atoms. The van der Waals surface area contributed by atoms with Gasteiger partial charge in [-0.1, -0.05) is 30.3 Å². The van der Waals surface area contributed by atoms with E-state index in [0.717, 1.165) is 10.2 Å². The van der Waals surface area contributed by atoms with Gasteiger partial charge in [0.15, 0.2) is 11.0 Å². The van der Waals surface area contributed by atoms with Gasteiger partial charge in [0.2, 0.25) is 0 Å². The van der Waals surface area contributed by atoms with Gasteiger partial charge in [-0.2, -0.15) is 18.3 Å². The zero-order valence-corrected chi connectivity index (χ0v) is 15.1. The van der Waals surface area contributed by atoms with Gasteiger partial charge < -0.3 is 0 Å². The van der Waals surface area contributed by atoms with Gasteiger partial charge in [0.05, 0.1) is 11.4 Å². The molecular formula is C18H15F3N4OS. The van der Waals surface area contributed by atoms with Crippen LogP contribution in [-0.4, -0.2) is 33.4 Å². The lowest BCUT2D eigenvalue weighted by Gasteiger charge is -2.33. The number of fused-ring (bicyclic) bond motifs is 1. The number of anilines is 1. The normalized spacial score (nSPS) is 17.0. The van der Waals surface area contributed by atoms with Crippen LogP contribution in [0.2, 0.25) is 0 Å². The summed E-state index contributed by atoms with van der Waals surface area (Å²) >= 11 is 1.18. The Morgan fingerprint density at radius 3 is 2.70 bits per heavy atom. The Morgan fingerprint density at radius 1 is 1.26 bits per heavy atom. The van der Waals surface area contributed by atoms with E-state index in [-0.39, 0.29) is 23.8 Å². The second-order valence-corrected chi connectivity index (χ2v) is 7.15. The summed E-state index contributed by atoms with van der Waals surface area (Å²) in [5.74, 6) is -0.258. The molecule has 4 rings (SSSR count). The van der Waals surface area contributed by atoms with Crippen molar-refractivity contribution >= 4 is 23.1 Å². The molecule has 3 aromatic rings. The number of nitrogens with zero attached hydrogens (tertiary/aromatic N) is 4. The van der Waals surface area contributed by atoms with Crippen LogP contribution >= 0.6 is 11.3 Å². The summed E-state index contributed by atoms with van der Waals surface area (Å²) in [5.41, 5.74) is 1.98. The minimum atomic E-state index is -4.41. The van der Waals surface area contributed by atoms with E-state index in [0.29, 0.717) is 11.4 Å². The van der Waals surface area contributed by atoms with Gasteiger partial charge >= 0.3 is 6.18 Å². The van der Waals surface area contributed by atoms with Gasteiger partial charge in [-0.15, -0.1) is 11.3 Å². The van der Waals surface area contributed by atoms with E-state index in [4.69, 9.17) is 0 Å². The first-order valence-corrected chi connectivity index (χ1v) is 9.18. The molecule has 0 saturated carbocycles. The average Bonchev–Trinajstić information content (AvgIpc) is 3.26. The second kappa shape index (κ2) is 6.49. The average molecular weight is 392 g/mol. The Labute approximate surface area is 157 Å². The summed E-state index contributed by atoms with van der Waals surface area (Å²) in [6, 6.07) is 9.19. The molecule has 9 heteroatoms. The number of thiazole rings is 1. The minimum Gasteiger partial charge on any atom is -0.291 e. The van der Waals surface area contributed by atoms with Gasteiger partial charge in [-0.25, -0.2) is 9.67 Å². The van der Waals surface area contributed by atoms with Crippen LogP contribution in [-0.2, 0) is 0 Å². The quantitative estimate of drug-likeness (QED) is 0.647. The number of hydrogen-bond donors (Lipinski definition) is 0. The summed E-state index contributed by atoms with van der Waals surface area (Å²) in [5, 5.41) is 5.98. The van der Waals surface area contributed by atoms with Crippen LogP contribution in [0.5, 0.6) is 0 Å². The molecule has 1 aromatic carbocycles. The largest absolute Gasteiger partial charge is 0.410 e. The maximum absolute atomic E-state index is 13.3. The molecule has 0 aliphatic carbocycles. The fourth-order valence-electron chi connectivity index (χ4n) is 3.16. The van der Waals surface area contributed by atoms with Crippen LogP contribution < -0.4 is 4.90 Å². The number of benzene rings is 1. The lowest BCUT2D eigenvalue weighted by atomic mass is 10.1. The standard InChI is InChI=1S/C18H15F3N4OS/c1-11-9-15-24(8-7-14(18(19,20)21)25(15)23-11)17(26)16-22-13(10-27-16)12-5-3-2-4-6-12/h2-6,9-10,14H,7-8H2,1H3. The summed E-state index contributed by atoms with van der Waals surface area (Å²) in [4.78, 5) is 18.6. The lowest BCUT2D eigenvalue weighted by molar-refractivity contribution is -0.172. The molecule has 1 atom stereocenters. The Kier molecular flexibility index (Phi) is 4.26. The molecule has 0 N–H and O–H groups in total. The van der Waals surface area contributed by atoms with E-state index in [1.807, 2.05) is 30.3 Å². The molecule has 140 valence electrons. The van der Waals surface area contributed by atoms with E-state index in [1.54, 1.807) is 12.3 Å². The topological polar surface area (TPSA) is 51.0 Å². The molecule has 2 aromatic heterocycles. The van der Waals surface area contributed by atoms with Crippen molar-refractivity contribution in [3.63, 3.8) is 0 Å². The van der Waals surface area contributed by atoms with Gasteiger partial charge in [0, 0.05) is 23.6 Å². The molecule has 5 nitrogen and oxygen atoms in total. The predicted molar refractivity (Wildman–Crippen MR) is 95.9 cm³/mol. The van der Waals surface area contributed by atoms with Crippen molar-refractivity contribution in [2.45, 2.75) is 25.6 Å². The van der Waals surface area contributed by atoms with Crippen molar-refractivity contribution < 1.29 is 18.0 Å². The molecule has 1 amide bonds. The molecular weight excluding hydrogens is 377 g/mol. The predicted octanol–water partition coefficient (Wildman–Crippen LogP) is 4.47. The van der Waals surface area contributed by atoms with Crippen LogP contribution in [0.4, 0.5) is 19.0 Å². The van der Waals surface area contributed by atoms with Gasteiger partial charge in [-0.3, -0.25) is 9.69 Å². The Hall–Kier alpha value is -2.68. The highest BCUT2D eigenvalue weighted by Gasteiger charge is 2.46. The molecule has 1 aliphatic heterocycles. The molecule has 27 heavy (non-hydrogen) atoms. The van der Waals surface area contributed by atoms with Crippen molar-refractivity contribution in [3.05, 3.63) is 52.5 Å². The molecule has 0 spiro atoms. The van der Waals surface area contributed by atoms with Gasteiger partial charge in [0.25, 0.3) is 5.91 Å². The third kappa shape index (κ3) is 3.23. The Morgan fingerprint density at radius 2 is 2.00 bits per heavy atom. The number of rotatable bonds is 2. The summed E-state index contributed by atoms with van der Waals surface area (Å²) in [6.07, 6.45) is -4.65. The fraction of sp³-hybridized carbons (Fsp3) is 0.278. The van der Waals surface area contributed by atoms with Crippen molar-refractivity contribution in [2.75, 3.05) is 11.4 Å².